The van der Waals surface area contributed by atoms with E-state index >= 15 is 0 Å². The van der Waals surface area contributed by atoms with E-state index < -0.39 is 0 Å². The third-order valence-electron chi connectivity index (χ3n) is 2.93. The molecule has 0 aromatic heterocycles. The van der Waals surface area contributed by atoms with Crippen LogP contribution < -0.4 is 5.32 Å². The molecule has 1 aliphatic rings. The second kappa shape index (κ2) is 4.64. The average Bonchev–Trinajstić information content (AvgIpc) is 2.17. The van der Waals surface area contributed by atoms with Crippen LogP contribution in [0, 0.1) is 12.3 Å². The van der Waals surface area contributed by atoms with E-state index in [1.54, 1.807) is 0 Å². The summed E-state index contributed by atoms with van der Waals surface area (Å²) < 4.78 is 0. The van der Waals surface area contributed by atoms with Crippen LogP contribution in [0.15, 0.2) is 0 Å². The Hall–Kier alpha value is -0.520. The molecule has 3 atom stereocenters. The molecule has 74 valence electrons. The standard InChI is InChI=1S/C11H20N2/c1-5-9(3)13-8-11(6-2)12-7-10(13)4/h1,9-12H,6-8H2,2-4H3. The molecule has 1 fully saturated rings. The van der Waals surface area contributed by atoms with E-state index in [0.717, 1.165) is 13.1 Å². The van der Waals surface area contributed by atoms with Crippen molar-refractivity contribution in [2.24, 2.45) is 0 Å². The van der Waals surface area contributed by atoms with Crippen molar-refractivity contribution in [2.75, 3.05) is 13.1 Å². The van der Waals surface area contributed by atoms with Crippen molar-refractivity contribution in [1.82, 2.24) is 10.2 Å². The molecule has 0 aliphatic carbocycles. The summed E-state index contributed by atoms with van der Waals surface area (Å²) >= 11 is 0. The van der Waals surface area contributed by atoms with Crippen molar-refractivity contribution in [3.8, 4) is 12.3 Å². The number of hydrogen-bond donors (Lipinski definition) is 1. The van der Waals surface area contributed by atoms with Gasteiger partial charge in [-0.2, -0.15) is 0 Å². The zero-order valence-corrected chi connectivity index (χ0v) is 8.88. The van der Waals surface area contributed by atoms with Gasteiger partial charge in [-0.05, 0) is 20.3 Å². The van der Waals surface area contributed by atoms with Crippen LogP contribution in [0.4, 0.5) is 0 Å². The largest absolute Gasteiger partial charge is 0.311 e. The predicted molar refractivity (Wildman–Crippen MR) is 56.5 cm³/mol. The lowest BCUT2D eigenvalue weighted by atomic mass is 10.1. The van der Waals surface area contributed by atoms with E-state index in [0.29, 0.717) is 12.1 Å². The van der Waals surface area contributed by atoms with Gasteiger partial charge < -0.3 is 5.32 Å². The molecule has 0 aromatic carbocycles. The third kappa shape index (κ3) is 2.46. The number of rotatable bonds is 2. The Morgan fingerprint density at radius 1 is 1.69 bits per heavy atom. The Morgan fingerprint density at radius 3 is 2.92 bits per heavy atom. The van der Waals surface area contributed by atoms with Crippen LogP contribution in [-0.4, -0.2) is 36.1 Å². The van der Waals surface area contributed by atoms with Gasteiger partial charge in [0.15, 0.2) is 0 Å². The molecule has 0 radical (unpaired) electrons. The zero-order chi connectivity index (χ0) is 9.84. The molecule has 2 nitrogen and oxygen atoms in total. The van der Waals surface area contributed by atoms with Crippen LogP contribution in [0.1, 0.15) is 27.2 Å². The Kier molecular flexibility index (Phi) is 3.77. The lowest BCUT2D eigenvalue weighted by molar-refractivity contribution is 0.121. The number of piperazine rings is 1. The smallest absolute Gasteiger partial charge is 0.0686 e. The molecular formula is C11H20N2. The summed E-state index contributed by atoms with van der Waals surface area (Å²) in [6.07, 6.45) is 6.62. The minimum atomic E-state index is 0.270. The molecule has 2 heteroatoms. The van der Waals surface area contributed by atoms with Crippen LogP contribution in [0.2, 0.25) is 0 Å². The third-order valence-corrected chi connectivity index (χ3v) is 2.93. The summed E-state index contributed by atoms with van der Waals surface area (Å²) in [5, 5.41) is 3.52. The van der Waals surface area contributed by atoms with Gasteiger partial charge in [0.1, 0.15) is 0 Å². The summed E-state index contributed by atoms with van der Waals surface area (Å²) in [6.45, 7) is 8.70. The Labute approximate surface area is 81.7 Å². The van der Waals surface area contributed by atoms with Gasteiger partial charge in [0.25, 0.3) is 0 Å². The fourth-order valence-corrected chi connectivity index (χ4v) is 1.86. The lowest BCUT2D eigenvalue weighted by Crippen LogP contribution is -2.57. The number of terminal acetylenes is 1. The first-order valence-electron chi connectivity index (χ1n) is 5.14. The summed E-state index contributed by atoms with van der Waals surface area (Å²) in [4.78, 5) is 2.41. The number of nitrogens with one attached hydrogen (secondary N) is 1. The highest BCUT2D eigenvalue weighted by Crippen LogP contribution is 2.11. The van der Waals surface area contributed by atoms with Crippen LogP contribution in [0.3, 0.4) is 0 Å². The number of hydrogen-bond acceptors (Lipinski definition) is 2. The molecule has 1 saturated heterocycles. The highest BCUT2D eigenvalue weighted by molar-refractivity contribution is 5.00. The molecule has 1 N–H and O–H groups in total. The molecule has 0 amide bonds. The topological polar surface area (TPSA) is 15.3 Å². The Bertz CT molecular complexity index is 195. The van der Waals surface area contributed by atoms with Crippen molar-refractivity contribution in [3.63, 3.8) is 0 Å². The average molecular weight is 180 g/mol. The molecule has 1 aliphatic heterocycles. The van der Waals surface area contributed by atoms with Crippen LogP contribution in [-0.2, 0) is 0 Å². The van der Waals surface area contributed by atoms with Gasteiger partial charge in [0.05, 0.1) is 6.04 Å². The van der Waals surface area contributed by atoms with E-state index in [1.165, 1.54) is 6.42 Å². The maximum absolute atomic E-state index is 5.44. The van der Waals surface area contributed by atoms with Crippen molar-refractivity contribution >= 4 is 0 Å². The molecule has 1 rings (SSSR count). The second-order valence-electron chi connectivity index (χ2n) is 3.90. The maximum Gasteiger partial charge on any atom is 0.0686 e. The first kappa shape index (κ1) is 10.6. The first-order valence-corrected chi connectivity index (χ1v) is 5.14. The highest BCUT2D eigenvalue weighted by atomic mass is 15.2. The monoisotopic (exact) mass is 180 g/mol. The number of nitrogens with zero attached hydrogens (tertiary/aromatic N) is 1. The SMILES string of the molecule is C#CC(C)N1CC(CC)NCC1C. The van der Waals surface area contributed by atoms with E-state index in [2.05, 4.69) is 36.9 Å². The minimum absolute atomic E-state index is 0.270. The molecule has 0 bridgehead atoms. The molecule has 0 saturated carbocycles. The minimum Gasteiger partial charge on any atom is -0.311 e. The Balaban J connectivity index is 2.55. The first-order chi connectivity index (χ1) is 6.19. The van der Waals surface area contributed by atoms with Gasteiger partial charge in [0.2, 0.25) is 0 Å². The fraction of sp³-hybridized carbons (Fsp3) is 0.818. The summed E-state index contributed by atoms with van der Waals surface area (Å²) in [5.41, 5.74) is 0. The van der Waals surface area contributed by atoms with Gasteiger partial charge in [0, 0.05) is 25.2 Å². The summed E-state index contributed by atoms with van der Waals surface area (Å²) in [7, 11) is 0. The normalized spacial score (nSPS) is 32.5. The van der Waals surface area contributed by atoms with Crippen molar-refractivity contribution in [1.29, 1.82) is 0 Å². The highest BCUT2D eigenvalue weighted by Gasteiger charge is 2.26. The van der Waals surface area contributed by atoms with Gasteiger partial charge in [-0.25, -0.2) is 0 Å². The molecule has 0 spiro atoms. The van der Waals surface area contributed by atoms with Crippen molar-refractivity contribution in [3.05, 3.63) is 0 Å². The maximum atomic E-state index is 5.44. The predicted octanol–water partition coefficient (Wildman–Crippen LogP) is 1.08. The van der Waals surface area contributed by atoms with Gasteiger partial charge in [-0.15, -0.1) is 6.42 Å². The molecule has 13 heavy (non-hydrogen) atoms. The van der Waals surface area contributed by atoms with Gasteiger partial charge in [-0.3, -0.25) is 4.90 Å². The van der Waals surface area contributed by atoms with Crippen molar-refractivity contribution in [2.45, 2.75) is 45.3 Å². The van der Waals surface area contributed by atoms with Crippen LogP contribution in [0.5, 0.6) is 0 Å². The molecule has 3 unspecified atom stereocenters. The summed E-state index contributed by atoms with van der Waals surface area (Å²) in [5.74, 6) is 2.81. The van der Waals surface area contributed by atoms with Crippen LogP contribution >= 0.6 is 0 Å². The van der Waals surface area contributed by atoms with Gasteiger partial charge in [-0.1, -0.05) is 12.8 Å². The van der Waals surface area contributed by atoms with E-state index in [-0.39, 0.29) is 6.04 Å². The second-order valence-corrected chi connectivity index (χ2v) is 3.90. The molecule has 1 heterocycles. The molecule has 0 aromatic rings. The molecular weight excluding hydrogens is 160 g/mol. The van der Waals surface area contributed by atoms with E-state index in [1.807, 2.05) is 0 Å². The Morgan fingerprint density at radius 2 is 2.38 bits per heavy atom. The van der Waals surface area contributed by atoms with Gasteiger partial charge >= 0.3 is 0 Å². The zero-order valence-electron chi connectivity index (χ0n) is 8.88. The van der Waals surface area contributed by atoms with Crippen LogP contribution in [0.25, 0.3) is 0 Å². The lowest BCUT2D eigenvalue weighted by Gasteiger charge is -2.40. The van der Waals surface area contributed by atoms with Crippen molar-refractivity contribution < 1.29 is 0 Å². The fourth-order valence-electron chi connectivity index (χ4n) is 1.86. The van der Waals surface area contributed by atoms with E-state index in [9.17, 15) is 0 Å². The van der Waals surface area contributed by atoms with E-state index in [4.69, 9.17) is 6.42 Å². The summed E-state index contributed by atoms with van der Waals surface area (Å²) in [6, 6.07) is 1.45. The quantitative estimate of drug-likeness (QED) is 0.640.